The summed E-state index contributed by atoms with van der Waals surface area (Å²) in [5.74, 6) is 1.34. The van der Waals surface area contributed by atoms with E-state index in [0.29, 0.717) is 17.0 Å². The highest BCUT2D eigenvalue weighted by molar-refractivity contribution is 7.98. The summed E-state index contributed by atoms with van der Waals surface area (Å²) in [7, 11) is 1.61. The minimum Gasteiger partial charge on any atom is -0.494 e. The van der Waals surface area contributed by atoms with Crippen molar-refractivity contribution < 1.29 is 9.53 Å². The van der Waals surface area contributed by atoms with Gasteiger partial charge >= 0.3 is 0 Å². The number of thiazole rings is 1. The molecule has 2 heterocycles. The number of thioether (sulfide) groups is 1. The van der Waals surface area contributed by atoms with E-state index in [4.69, 9.17) is 4.74 Å². The molecule has 0 aliphatic rings. The maximum Gasteiger partial charge on any atom is 0.255 e. The molecule has 0 saturated carbocycles. The van der Waals surface area contributed by atoms with E-state index in [9.17, 15) is 4.79 Å². The molecule has 0 atom stereocenters. The second kappa shape index (κ2) is 8.63. The summed E-state index contributed by atoms with van der Waals surface area (Å²) >= 11 is 3.37. The maximum atomic E-state index is 12.7. The van der Waals surface area contributed by atoms with Crippen molar-refractivity contribution in [3.63, 3.8) is 0 Å². The minimum atomic E-state index is -0.160. The van der Waals surface area contributed by atoms with Crippen LogP contribution in [-0.2, 0) is 5.75 Å². The van der Waals surface area contributed by atoms with E-state index in [-0.39, 0.29) is 5.91 Å². The van der Waals surface area contributed by atoms with Gasteiger partial charge in [-0.15, -0.1) is 23.1 Å². The molecule has 2 aromatic carbocycles. The number of nitrogens with one attached hydrogen (secondary N) is 1. The number of aromatic nitrogens is 2. The second-order valence-corrected chi connectivity index (χ2v) is 8.45. The zero-order valence-corrected chi connectivity index (χ0v) is 17.6. The number of hydrogen-bond donors (Lipinski definition) is 1. The first-order valence-corrected chi connectivity index (χ1v) is 10.9. The summed E-state index contributed by atoms with van der Waals surface area (Å²) in [5, 5.41) is 6.98. The van der Waals surface area contributed by atoms with E-state index in [2.05, 4.69) is 20.7 Å². The zero-order valence-electron chi connectivity index (χ0n) is 16.0. The molecular weight excluding hydrogens is 402 g/mol. The normalized spacial score (nSPS) is 10.8. The summed E-state index contributed by atoms with van der Waals surface area (Å²) in [6, 6.07) is 15.0. The number of methoxy groups -OCH3 is 1. The van der Waals surface area contributed by atoms with Crippen LogP contribution in [0.5, 0.6) is 5.75 Å². The lowest BCUT2D eigenvalue weighted by molar-refractivity contribution is 0.102. The quantitative estimate of drug-likeness (QED) is 0.413. The Morgan fingerprint density at radius 2 is 2.00 bits per heavy atom. The van der Waals surface area contributed by atoms with E-state index in [1.54, 1.807) is 36.4 Å². The van der Waals surface area contributed by atoms with E-state index in [1.807, 2.05) is 55.5 Å². The molecule has 4 aromatic rings. The molecule has 0 aliphatic heterocycles. The van der Waals surface area contributed by atoms with Crippen LogP contribution in [0.25, 0.3) is 10.9 Å². The van der Waals surface area contributed by atoms with Crippen molar-refractivity contribution in [2.45, 2.75) is 17.6 Å². The molecule has 4 rings (SSSR count). The van der Waals surface area contributed by atoms with Crippen molar-refractivity contribution in [1.82, 2.24) is 9.97 Å². The maximum absolute atomic E-state index is 12.7. The molecule has 0 bridgehead atoms. The Bertz CT molecular complexity index is 1160. The number of hydrogen-bond acceptors (Lipinski definition) is 6. The fraction of sp³-hybridized carbons (Fsp3) is 0.136. The summed E-state index contributed by atoms with van der Waals surface area (Å²) in [5.41, 5.74) is 3.11. The first-order valence-electron chi connectivity index (χ1n) is 9.01. The Kier molecular flexibility index (Phi) is 5.78. The summed E-state index contributed by atoms with van der Waals surface area (Å²) in [6.07, 6.45) is 1.71. The van der Waals surface area contributed by atoms with Crippen LogP contribution in [0.1, 0.15) is 21.1 Å². The molecule has 146 valence electrons. The van der Waals surface area contributed by atoms with Crippen LogP contribution in [0, 0.1) is 6.92 Å². The third-order valence-corrected chi connectivity index (χ3v) is 6.24. The molecule has 0 spiro atoms. The van der Waals surface area contributed by atoms with Crippen molar-refractivity contribution in [3.05, 3.63) is 76.4 Å². The fourth-order valence-corrected chi connectivity index (χ4v) is 4.46. The number of amides is 1. The highest BCUT2D eigenvalue weighted by Gasteiger charge is 2.12. The summed E-state index contributed by atoms with van der Waals surface area (Å²) in [6.45, 7) is 2.01. The summed E-state index contributed by atoms with van der Waals surface area (Å²) < 4.78 is 5.36. The van der Waals surface area contributed by atoms with Gasteiger partial charge < -0.3 is 10.1 Å². The van der Waals surface area contributed by atoms with Crippen LogP contribution in [0.15, 0.2) is 65.0 Å². The predicted octanol–water partition coefficient (Wildman–Crippen LogP) is 5.55. The van der Waals surface area contributed by atoms with Crippen LogP contribution in [0.4, 0.5) is 5.69 Å². The van der Waals surface area contributed by atoms with Gasteiger partial charge in [-0.2, -0.15) is 0 Å². The van der Waals surface area contributed by atoms with Gasteiger partial charge in [0.1, 0.15) is 11.3 Å². The highest BCUT2D eigenvalue weighted by Crippen LogP contribution is 2.30. The third-order valence-electron chi connectivity index (χ3n) is 4.37. The molecular formula is C22H19N3O2S2. The first-order chi connectivity index (χ1) is 14.1. The van der Waals surface area contributed by atoms with Gasteiger partial charge in [0.2, 0.25) is 0 Å². The molecule has 1 N–H and O–H groups in total. The molecule has 1 amide bonds. The Morgan fingerprint density at radius 1 is 1.17 bits per heavy atom. The number of pyridine rings is 1. The van der Waals surface area contributed by atoms with Crippen LogP contribution in [-0.4, -0.2) is 23.0 Å². The zero-order chi connectivity index (χ0) is 20.2. The lowest BCUT2D eigenvalue weighted by atomic mass is 10.1. The molecule has 0 aliphatic carbocycles. The number of benzene rings is 2. The van der Waals surface area contributed by atoms with Crippen molar-refractivity contribution >= 4 is 45.6 Å². The Hall–Kier alpha value is -2.90. The first kappa shape index (κ1) is 19.4. The minimum absolute atomic E-state index is 0.160. The molecule has 0 radical (unpaired) electrons. The van der Waals surface area contributed by atoms with Crippen molar-refractivity contribution in [2.75, 3.05) is 12.4 Å². The van der Waals surface area contributed by atoms with Crippen LogP contribution in [0.3, 0.4) is 0 Å². The number of carbonyl (C=O) groups is 1. The smallest absolute Gasteiger partial charge is 0.255 e. The number of rotatable bonds is 6. The number of fused-ring (bicyclic) bond motifs is 1. The molecule has 2 aromatic heterocycles. The molecule has 0 unspecified atom stereocenters. The Morgan fingerprint density at radius 3 is 2.72 bits per heavy atom. The Balaban J connectivity index is 1.47. The van der Waals surface area contributed by atoms with E-state index in [1.165, 1.54) is 0 Å². The number of anilines is 1. The summed E-state index contributed by atoms with van der Waals surface area (Å²) in [4.78, 5) is 22.7. The van der Waals surface area contributed by atoms with Gasteiger partial charge in [0.15, 0.2) is 0 Å². The van der Waals surface area contributed by atoms with Gasteiger partial charge in [0, 0.05) is 33.2 Å². The molecule has 0 saturated heterocycles. The Labute approximate surface area is 177 Å². The fourth-order valence-electron chi connectivity index (χ4n) is 2.95. The molecule has 5 nitrogen and oxygen atoms in total. The number of carbonyl (C=O) groups excluding carboxylic acids is 1. The molecule has 29 heavy (non-hydrogen) atoms. The molecule has 0 fully saturated rings. The SMILES string of the molecule is COc1ccc(NC(=O)c2ccc(SCc3csc(C)n3)cc2)c2cccnc12. The van der Waals surface area contributed by atoms with Gasteiger partial charge in [-0.1, -0.05) is 0 Å². The average molecular weight is 422 g/mol. The monoisotopic (exact) mass is 421 g/mol. The standard InChI is InChI=1S/C22H19N3O2S2/c1-14-24-16(12-28-14)13-29-17-7-5-15(6-8-17)22(26)25-19-9-10-20(27-2)21-18(19)4-3-11-23-21/h3-12H,13H2,1-2H3,(H,25,26). The predicted molar refractivity (Wildman–Crippen MR) is 119 cm³/mol. The van der Waals surface area contributed by atoms with Crippen LogP contribution in [0.2, 0.25) is 0 Å². The topological polar surface area (TPSA) is 64.1 Å². The van der Waals surface area contributed by atoms with Crippen molar-refractivity contribution in [1.29, 1.82) is 0 Å². The largest absolute Gasteiger partial charge is 0.494 e. The average Bonchev–Trinajstić information content (AvgIpc) is 3.18. The van der Waals surface area contributed by atoms with Crippen molar-refractivity contribution in [2.24, 2.45) is 0 Å². The lowest BCUT2D eigenvalue weighted by Gasteiger charge is -2.11. The van der Waals surface area contributed by atoms with Gasteiger partial charge in [0.25, 0.3) is 5.91 Å². The van der Waals surface area contributed by atoms with Crippen molar-refractivity contribution in [3.8, 4) is 5.75 Å². The number of ether oxygens (including phenoxy) is 1. The van der Waals surface area contributed by atoms with Gasteiger partial charge in [0.05, 0.1) is 23.5 Å². The highest BCUT2D eigenvalue weighted by atomic mass is 32.2. The lowest BCUT2D eigenvalue weighted by Crippen LogP contribution is -2.12. The van der Waals surface area contributed by atoms with Crippen LogP contribution < -0.4 is 10.1 Å². The van der Waals surface area contributed by atoms with Gasteiger partial charge in [-0.25, -0.2) is 4.98 Å². The third kappa shape index (κ3) is 4.41. The number of aryl methyl sites for hydroxylation is 1. The second-order valence-electron chi connectivity index (χ2n) is 6.34. The van der Waals surface area contributed by atoms with Crippen LogP contribution >= 0.6 is 23.1 Å². The molecule has 7 heteroatoms. The van der Waals surface area contributed by atoms with E-state index < -0.39 is 0 Å². The number of nitrogens with zero attached hydrogens (tertiary/aromatic N) is 2. The van der Waals surface area contributed by atoms with E-state index in [0.717, 1.165) is 32.3 Å². The van der Waals surface area contributed by atoms with Gasteiger partial charge in [-0.3, -0.25) is 9.78 Å². The van der Waals surface area contributed by atoms with Gasteiger partial charge in [-0.05, 0) is 55.5 Å². The van der Waals surface area contributed by atoms with E-state index >= 15 is 0 Å².